The normalized spacial score (nSPS) is 34.1. The first kappa shape index (κ1) is 19.1. The van der Waals surface area contributed by atoms with Crippen molar-refractivity contribution in [1.82, 2.24) is 0 Å². The van der Waals surface area contributed by atoms with E-state index in [0.29, 0.717) is 17.9 Å². The Labute approximate surface area is 172 Å². The van der Waals surface area contributed by atoms with E-state index >= 15 is 0 Å². The highest BCUT2D eigenvalue weighted by Gasteiger charge is 2.47. The summed E-state index contributed by atoms with van der Waals surface area (Å²) in [6.45, 7) is 0. The molecule has 2 radical (unpaired) electrons. The minimum absolute atomic E-state index is 0.330. The Bertz CT molecular complexity index is 556. The van der Waals surface area contributed by atoms with Crippen molar-refractivity contribution in [1.29, 1.82) is 0 Å². The minimum Gasteiger partial charge on any atom is -0.361 e. The SMILES string of the molecule is OC1(OC2(O)[CH]C=C(Br)C(Br)=C2Br)[CH]C=C(Br)C(Br)=C1Br. The summed E-state index contributed by atoms with van der Waals surface area (Å²) in [6, 6.07) is 0. The molecule has 0 aromatic carbocycles. The zero-order valence-electron chi connectivity index (χ0n) is 9.88. The predicted molar refractivity (Wildman–Crippen MR) is 103 cm³/mol. The average Bonchev–Trinajstić information content (AvgIpc) is 2.44. The molecule has 2 unspecified atom stereocenters. The van der Waals surface area contributed by atoms with Crippen LogP contribution in [0.3, 0.4) is 0 Å². The lowest BCUT2D eigenvalue weighted by molar-refractivity contribution is -0.263. The molecule has 0 bridgehead atoms. The maximum atomic E-state index is 10.7. The van der Waals surface area contributed by atoms with Crippen LogP contribution in [0.4, 0.5) is 0 Å². The van der Waals surface area contributed by atoms with E-state index in [1.54, 1.807) is 12.2 Å². The van der Waals surface area contributed by atoms with Crippen LogP contribution < -0.4 is 0 Å². The van der Waals surface area contributed by atoms with E-state index in [0.717, 1.165) is 8.96 Å². The van der Waals surface area contributed by atoms with Gasteiger partial charge in [-0.2, -0.15) is 0 Å². The molecule has 0 spiro atoms. The topological polar surface area (TPSA) is 49.7 Å². The van der Waals surface area contributed by atoms with Crippen LogP contribution in [0.1, 0.15) is 0 Å². The van der Waals surface area contributed by atoms with Crippen molar-refractivity contribution in [3.05, 3.63) is 51.9 Å². The lowest BCUT2D eigenvalue weighted by Gasteiger charge is -2.39. The average molecular weight is 678 g/mol. The lowest BCUT2D eigenvalue weighted by atomic mass is 10.0. The largest absolute Gasteiger partial charge is 0.361 e. The third-order valence-corrected chi connectivity index (χ3v) is 9.68. The molecule has 2 rings (SSSR count). The van der Waals surface area contributed by atoms with Gasteiger partial charge < -0.3 is 14.9 Å². The molecule has 2 aliphatic rings. The summed E-state index contributed by atoms with van der Waals surface area (Å²) >= 11 is 19.9. The molecule has 0 saturated heterocycles. The molecule has 0 amide bonds. The van der Waals surface area contributed by atoms with Crippen molar-refractivity contribution in [2.45, 2.75) is 11.6 Å². The molecule has 2 aliphatic carbocycles. The van der Waals surface area contributed by atoms with Crippen molar-refractivity contribution in [2.75, 3.05) is 0 Å². The van der Waals surface area contributed by atoms with Crippen LogP contribution in [0, 0.1) is 12.8 Å². The van der Waals surface area contributed by atoms with Gasteiger partial charge in [0, 0.05) is 30.8 Å². The molecule has 2 atom stereocenters. The van der Waals surface area contributed by atoms with E-state index < -0.39 is 11.6 Å². The van der Waals surface area contributed by atoms with Gasteiger partial charge in [-0.15, -0.1) is 0 Å². The standard InChI is InChI=1S/C12H6Br6O3/c13-5-1-3-11(19,9(17)7(5)15)21-12(20)4-2-6(14)8(16)10(12)18/h1-4,19-20H. The van der Waals surface area contributed by atoms with Crippen molar-refractivity contribution in [3.8, 4) is 0 Å². The molecule has 114 valence electrons. The monoisotopic (exact) mass is 672 g/mol. The Kier molecular flexibility index (Phi) is 6.27. The lowest BCUT2D eigenvalue weighted by Crippen LogP contribution is -2.47. The summed E-state index contributed by atoms with van der Waals surface area (Å²) in [5, 5.41) is 21.3. The number of aliphatic hydroxyl groups is 2. The number of allylic oxidation sites excluding steroid dienone is 4. The van der Waals surface area contributed by atoms with Gasteiger partial charge >= 0.3 is 0 Å². The Morgan fingerprint density at radius 2 is 1.05 bits per heavy atom. The van der Waals surface area contributed by atoms with Crippen LogP contribution in [0.15, 0.2) is 39.0 Å². The molecule has 21 heavy (non-hydrogen) atoms. The second-order valence-electron chi connectivity index (χ2n) is 4.11. The third kappa shape index (κ3) is 3.71. The molecular weight excluding hydrogens is 672 g/mol. The van der Waals surface area contributed by atoms with Gasteiger partial charge in [-0.05, 0) is 95.6 Å². The molecule has 2 N–H and O–H groups in total. The van der Waals surface area contributed by atoms with Crippen molar-refractivity contribution in [2.24, 2.45) is 0 Å². The van der Waals surface area contributed by atoms with Gasteiger partial charge in [-0.25, -0.2) is 0 Å². The fraction of sp³-hybridized carbons (Fsp3) is 0.167. The van der Waals surface area contributed by atoms with Crippen molar-refractivity contribution < 1.29 is 14.9 Å². The molecule has 0 saturated carbocycles. The van der Waals surface area contributed by atoms with Gasteiger partial charge in [0.15, 0.2) is 0 Å². The zero-order chi connectivity index (χ0) is 16.0. The van der Waals surface area contributed by atoms with Gasteiger partial charge in [0.05, 0.1) is 8.96 Å². The third-order valence-electron chi connectivity index (χ3n) is 2.66. The summed E-state index contributed by atoms with van der Waals surface area (Å²) in [4.78, 5) is 0. The molecule has 0 aromatic heterocycles. The van der Waals surface area contributed by atoms with Crippen molar-refractivity contribution >= 4 is 95.6 Å². The van der Waals surface area contributed by atoms with E-state index in [1.165, 1.54) is 12.8 Å². The fourth-order valence-electron chi connectivity index (χ4n) is 1.58. The van der Waals surface area contributed by atoms with Crippen LogP contribution in [0.5, 0.6) is 0 Å². The quantitative estimate of drug-likeness (QED) is 0.387. The zero-order valence-corrected chi connectivity index (χ0v) is 19.4. The highest BCUT2D eigenvalue weighted by molar-refractivity contribution is 9.16. The highest BCUT2D eigenvalue weighted by Crippen LogP contribution is 2.48. The number of rotatable bonds is 2. The van der Waals surface area contributed by atoms with E-state index in [4.69, 9.17) is 4.74 Å². The van der Waals surface area contributed by atoms with E-state index in [2.05, 4.69) is 95.6 Å². The molecule has 0 aromatic rings. The fourth-order valence-corrected chi connectivity index (χ4v) is 4.46. The van der Waals surface area contributed by atoms with E-state index in [1.807, 2.05) is 0 Å². The van der Waals surface area contributed by atoms with Crippen LogP contribution in [0.25, 0.3) is 0 Å². The number of hydrogen-bond acceptors (Lipinski definition) is 3. The molecule has 0 fully saturated rings. The van der Waals surface area contributed by atoms with Gasteiger partial charge in [-0.3, -0.25) is 0 Å². The number of ether oxygens (including phenoxy) is 1. The van der Waals surface area contributed by atoms with E-state index in [-0.39, 0.29) is 0 Å². The molecule has 3 nitrogen and oxygen atoms in total. The Morgan fingerprint density at radius 3 is 1.38 bits per heavy atom. The summed E-state index contributed by atoms with van der Waals surface area (Å²) in [5.74, 6) is -3.66. The number of hydrogen-bond donors (Lipinski definition) is 2. The van der Waals surface area contributed by atoms with Crippen LogP contribution in [-0.2, 0) is 4.74 Å². The Morgan fingerprint density at radius 1 is 0.714 bits per heavy atom. The van der Waals surface area contributed by atoms with Gasteiger partial charge in [0.25, 0.3) is 0 Å². The van der Waals surface area contributed by atoms with Crippen LogP contribution in [0.2, 0.25) is 0 Å². The predicted octanol–water partition coefficient (Wildman–Crippen LogP) is 5.38. The van der Waals surface area contributed by atoms with Gasteiger partial charge in [0.1, 0.15) is 0 Å². The van der Waals surface area contributed by atoms with E-state index in [9.17, 15) is 10.2 Å². The maximum Gasteiger partial charge on any atom is 0.210 e. The summed E-state index contributed by atoms with van der Waals surface area (Å²) in [7, 11) is 0. The van der Waals surface area contributed by atoms with Crippen LogP contribution in [-0.4, -0.2) is 21.8 Å². The van der Waals surface area contributed by atoms with Crippen molar-refractivity contribution in [3.63, 3.8) is 0 Å². The molecule has 0 heterocycles. The number of halogens is 6. The first-order valence-electron chi connectivity index (χ1n) is 5.31. The summed E-state index contributed by atoms with van der Waals surface area (Å²) < 4.78 is 8.87. The molecule has 0 aliphatic heterocycles. The minimum atomic E-state index is -1.83. The molecule has 9 heteroatoms. The summed E-state index contributed by atoms with van der Waals surface area (Å²) in [6.07, 6.45) is 6.08. The second kappa shape index (κ2) is 6.92. The maximum absolute atomic E-state index is 10.7. The first-order chi connectivity index (χ1) is 9.61. The Hall–Kier alpha value is 1.72. The first-order valence-corrected chi connectivity index (χ1v) is 10.1. The van der Waals surface area contributed by atoms with Gasteiger partial charge in [0.2, 0.25) is 11.6 Å². The summed E-state index contributed by atoms with van der Waals surface area (Å²) in [5.41, 5.74) is 0. The smallest absolute Gasteiger partial charge is 0.210 e. The van der Waals surface area contributed by atoms with Gasteiger partial charge in [-0.1, -0.05) is 12.2 Å². The van der Waals surface area contributed by atoms with Crippen LogP contribution >= 0.6 is 95.6 Å². The second-order valence-corrected chi connectivity index (χ2v) is 8.99. The molecular formula is C12H6Br6O3. The Balaban J connectivity index is 2.35. The highest BCUT2D eigenvalue weighted by atomic mass is 79.9.